The normalized spacial score (nSPS) is 10.7. The van der Waals surface area contributed by atoms with Crippen LogP contribution in [0.5, 0.6) is 0 Å². The standard InChI is InChI=1S/C12H8ClN3O4/c13-10-4-3-9(16(18)19)6-8(10)7-14-15-12(17)11-2-1-5-20-11/h1-7H,(H,15,17)/b14-7-. The van der Waals surface area contributed by atoms with E-state index in [0.717, 1.165) is 0 Å². The summed E-state index contributed by atoms with van der Waals surface area (Å²) < 4.78 is 4.87. The zero-order valence-electron chi connectivity index (χ0n) is 9.95. The second-order valence-corrected chi connectivity index (χ2v) is 4.05. The summed E-state index contributed by atoms with van der Waals surface area (Å²) in [6.07, 6.45) is 2.58. The first-order valence-corrected chi connectivity index (χ1v) is 5.76. The van der Waals surface area contributed by atoms with Gasteiger partial charge in [0.05, 0.1) is 17.4 Å². The third kappa shape index (κ3) is 3.21. The zero-order valence-corrected chi connectivity index (χ0v) is 10.7. The van der Waals surface area contributed by atoms with E-state index in [4.69, 9.17) is 16.0 Å². The number of nitro benzene ring substituents is 1. The average Bonchev–Trinajstić information content (AvgIpc) is 2.94. The Morgan fingerprint density at radius 2 is 2.25 bits per heavy atom. The van der Waals surface area contributed by atoms with Gasteiger partial charge in [-0.3, -0.25) is 14.9 Å². The van der Waals surface area contributed by atoms with Crippen molar-refractivity contribution in [1.82, 2.24) is 5.43 Å². The van der Waals surface area contributed by atoms with Gasteiger partial charge < -0.3 is 4.42 Å². The Morgan fingerprint density at radius 3 is 2.90 bits per heavy atom. The van der Waals surface area contributed by atoms with Crippen molar-refractivity contribution in [2.24, 2.45) is 5.10 Å². The van der Waals surface area contributed by atoms with Crippen LogP contribution < -0.4 is 5.43 Å². The molecule has 0 radical (unpaired) electrons. The molecular weight excluding hydrogens is 286 g/mol. The molecule has 0 unspecified atom stereocenters. The predicted molar refractivity (Wildman–Crippen MR) is 71.9 cm³/mol. The van der Waals surface area contributed by atoms with Crippen LogP contribution >= 0.6 is 11.6 Å². The molecule has 0 aliphatic heterocycles. The van der Waals surface area contributed by atoms with Gasteiger partial charge in [0, 0.05) is 22.7 Å². The summed E-state index contributed by atoms with van der Waals surface area (Å²) in [6, 6.07) is 6.96. The molecule has 1 amide bonds. The lowest BCUT2D eigenvalue weighted by molar-refractivity contribution is -0.384. The van der Waals surface area contributed by atoms with Crippen molar-refractivity contribution in [3.05, 3.63) is 63.1 Å². The van der Waals surface area contributed by atoms with E-state index in [-0.39, 0.29) is 16.5 Å². The number of furan rings is 1. The zero-order chi connectivity index (χ0) is 14.5. The number of hydrogen-bond donors (Lipinski definition) is 1. The first-order chi connectivity index (χ1) is 9.58. The van der Waals surface area contributed by atoms with Crippen LogP contribution in [-0.4, -0.2) is 17.0 Å². The lowest BCUT2D eigenvalue weighted by Gasteiger charge is -1.98. The number of halogens is 1. The summed E-state index contributed by atoms with van der Waals surface area (Å²) in [5, 5.41) is 14.6. The fourth-order valence-electron chi connectivity index (χ4n) is 1.37. The van der Waals surface area contributed by atoms with Gasteiger partial charge >= 0.3 is 5.91 Å². The van der Waals surface area contributed by atoms with Crippen molar-refractivity contribution in [2.45, 2.75) is 0 Å². The van der Waals surface area contributed by atoms with E-state index in [2.05, 4.69) is 10.5 Å². The second-order valence-electron chi connectivity index (χ2n) is 3.64. The molecule has 0 aliphatic carbocycles. The van der Waals surface area contributed by atoms with Crippen LogP contribution in [0.1, 0.15) is 16.1 Å². The van der Waals surface area contributed by atoms with Gasteiger partial charge in [-0.05, 0) is 18.2 Å². The number of non-ortho nitro benzene ring substituents is 1. The fourth-order valence-corrected chi connectivity index (χ4v) is 1.53. The molecule has 102 valence electrons. The van der Waals surface area contributed by atoms with E-state index in [1.807, 2.05) is 0 Å². The SMILES string of the molecule is O=C(N/N=C\c1cc([N+](=O)[O-])ccc1Cl)c1ccco1. The highest BCUT2D eigenvalue weighted by atomic mass is 35.5. The highest BCUT2D eigenvalue weighted by Crippen LogP contribution is 2.20. The number of carbonyl (C=O) groups is 1. The van der Waals surface area contributed by atoms with Crippen molar-refractivity contribution < 1.29 is 14.1 Å². The summed E-state index contributed by atoms with van der Waals surface area (Å²) in [4.78, 5) is 21.6. The lowest BCUT2D eigenvalue weighted by atomic mass is 10.2. The molecule has 0 atom stereocenters. The molecule has 0 spiro atoms. The largest absolute Gasteiger partial charge is 0.459 e. The maximum Gasteiger partial charge on any atom is 0.307 e. The number of hydrogen-bond acceptors (Lipinski definition) is 5. The number of rotatable bonds is 4. The molecule has 0 saturated heterocycles. The second kappa shape index (κ2) is 5.98. The van der Waals surface area contributed by atoms with E-state index >= 15 is 0 Å². The Balaban J connectivity index is 2.09. The van der Waals surface area contributed by atoms with Gasteiger partial charge in [0.2, 0.25) is 0 Å². The first kappa shape index (κ1) is 13.8. The van der Waals surface area contributed by atoms with Gasteiger partial charge in [-0.25, -0.2) is 5.43 Å². The number of amides is 1. The van der Waals surface area contributed by atoms with E-state index < -0.39 is 10.8 Å². The third-order valence-electron chi connectivity index (χ3n) is 2.31. The molecule has 0 saturated carbocycles. The molecule has 2 aromatic rings. The van der Waals surface area contributed by atoms with Gasteiger partial charge in [-0.2, -0.15) is 5.10 Å². The molecular formula is C12H8ClN3O4. The van der Waals surface area contributed by atoms with E-state index in [1.54, 1.807) is 6.07 Å². The van der Waals surface area contributed by atoms with Gasteiger partial charge in [0.25, 0.3) is 5.69 Å². The highest BCUT2D eigenvalue weighted by molar-refractivity contribution is 6.33. The van der Waals surface area contributed by atoms with Crippen LogP contribution in [0.15, 0.2) is 46.1 Å². The molecule has 2 rings (SSSR count). The Bertz CT molecular complexity index is 667. The van der Waals surface area contributed by atoms with Crippen LogP contribution in [-0.2, 0) is 0 Å². The van der Waals surface area contributed by atoms with Crippen molar-refractivity contribution in [3.8, 4) is 0 Å². The summed E-state index contributed by atoms with van der Waals surface area (Å²) >= 11 is 5.87. The lowest BCUT2D eigenvalue weighted by Crippen LogP contribution is -2.16. The van der Waals surface area contributed by atoms with E-state index in [1.165, 1.54) is 36.7 Å². The Hall–Kier alpha value is -2.67. The molecule has 7 nitrogen and oxygen atoms in total. The first-order valence-electron chi connectivity index (χ1n) is 5.39. The minimum atomic E-state index is -0.547. The van der Waals surface area contributed by atoms with Crippen molar-refractivity contribution >= 4 is 29.4 Å². The van der Waals surface area contributed by atoms with E-state index in [0.29, 0.717) is 5.56 Å². The van der Waals surface area contributed by atoms with Crippen LogP contribution in [0.3, 0.4) is 0 Å². The van der Waals surface area contributed by atoms with Crippen LogP contribution in [0.2, 0.25) is 5.02 Å². The summed E-state index contributed by atoms with van der Waals surface area (Å²) in [5.74, 6) is -0.430. The molecule has 1 aromatic carbocycles. The number of nitrogens with one attached hydrogen (secondary N) is 1. The number of carbonyl (C=O) groups excluding carboxylic acids is 1. The predicted octanol–water partition coefficient (Wildman–Crippen LogP) is 2.61. The van der Waals surface area contributed by atoms with Crippen molar-refractivity contribution in [2.75, 3.05) is 0 Å². The molecule has 20 heavy (non-hydrogen) atoms. The number of benzene rings is 1. The molecule has 1 heterocycles. The molecule has 1 N–H and O–H groups in total. The minimum absolute atomic E-state index is 0.104. The third-order valence-corrected chi connectivity index (χ3v) is 2.65. The molecule has 8 heteroatoms. The van der Waals surface area contributed by atoms with Gasteiger partial charge in [0.1, 0.15) is 0 Å². The summed E-state index contributed by atoms with van der Waals surface area (Å²) in [6.45, 7) is 0. The van der Waals surface area contributed by atoms with Crippen molar-refractivity contribution in [1.29, 1.82) is 0 Å². The average molecular weight is 294 g/mol. The molecule has 0 bridgehead atoms. The number of hydrazone groups is 1. The topological polar surface area (TPSA) is 97.7 Å². The maximum atomic E-state index is 11.5. The van der Waals surface area contributed by atoms with Gasteiger partial charge in [-0.15, -0.1) is 0 Å². The molecule has 0 fully saturated rings. The molecule has 0 aliphatic rings. The summed E-state index contributed by atoms with van der Waals surface area (Å²) in [5.41, 5.74) is 2.42. The Morgan fingerprint density at radius 1 is 1.45 bits per heavy atom. The number of nitro groups is 1. The van der Waals surface area contributed by atoms with Crippen molar-refractivity contribution in [3.63, 3.8) is 0 Å². The van der Waals surface area contributed by atoms with E-state index in [9.17, 15) is 14.9 Å². The smallest absolute Gasteiger partial charge is 0.307 e. The number of nitrogens with zero attached hydrogens (tertiary/aromatic N) is 2. The quantitative estimate of drug-likeness (QED) is 0.532. The highest BCUT2D eigenvalue weighted by Gasteiger charge is 2.09. The monoisotopic (exact) mass is 293 g/mol. The Kier molecular flexibility index (Phi) is 4.11. The van der Waals surface area contributed by atoms with Gasteiger partial charge in [0.15, 0.2) is 5.76 Å². The maximum absolute atomic E-state index is 11.5. The van der Waals surface area contributed by atoms with Crippen LogP contribution in [0, 0.1) is 10.1 Å². The van der Waals surface area contributed by atoms with Gasteiger partial charge in [-0.1, -0.05) is 11.6 Å². The molecule has 1 aromatic heterocycles. The minimum Gasteiger partial charge on any atom is -0.459 e. The van der Waals surface area contributed by atoms with Crippen LogP contribution in [0.25, 0.3) is 0 Å². The van der Waals surface area contributed by atoms with Crippen LogP contribution in [0.4, 0.5) is 5.69 Å². The fraction of sp³-hybridized carbons (Fsp3) is 0. The Labute approximate surface area is 118 Å². The summed E-state index contributed by atoms with van der Waals surface area (Å²) in [7, 11) is 0.